The van der Waals surface area contributed by atoms with Gasteiger partial charge in [-0.1, -0.05) is 13.8 Å². The number of likely N-dealkylation sites (tertiary alicyclic amines) is 1. The quantitative estimate of drug-likeness (QED) is 0.793. The molecule has 0 aliphatic carbocycles. The van der Waals surface area contributed by atoms with Crippen molar-refractivity contribution in [2.45, 2.75) is 38.8 Å². The maximum atomic E-state index is 9.96. The summed E-state index contributed by atoms with van der Waals surface area (Å²) < 4.78 is 0. The van der Waals surface area contributed by atoms with Gasteiger partial charge in [-0.3, -0.25) is 4.90 Å². The van der Waals surface area contributed by atoms with Gasteiger partial charge in [0.1, 0.15) is 0 Å². The first kappa shape index (κ1) is 14.0. The first-order valence-electron chi connectivity index (χ1n) is 6.64. The standard InChI is InChI=1S/C13H25NOS2/c1-13(2)7-12(15)3-4-14(10-13)11-8-16-5-6-17-9-11/h11-12,15H,3-10H2,1-2H3. The van der Waals surface area contributed by atoms with Gasteiger partial charge in [-0.25, -0.2) is 0 Å². The van der Waals surface area contributed by atoms with E-state index in [9.17, 15) is 5.11 Å². The highest BCUT2D eigenvalue weighted by atomic mass is 32.2. The van der Waals surface area contributed by atoms with Crippen LogP contribution >= 0.6 is 23.5 Å². The molecule has 1 unspecified atom stereocenters. The molecule has 0 aromatic carbocycles. The van der Waals surface area contributed by atoms with E-state index in [2.05, 4.69) is 42.3 Å². The van der Waals surface area contributed by atoms with E-state index in [4.69, 9.17) is 0 Å². The lowest BCUT2D eigenvalue weighted by molar-refractivity contribution is 0.120. The van der Waals surface area contributed by atoms with Crippen molar-refractivity contribution in [3.63, 3.8) is 0 Å². The Bertz CT molecular complexity index is 240. The first-order chi connectivity index (χ1) is 8.07. The summed E-state index contributed by atoms with van der Waals surface area (Å²) in [7, 11) is 0. The van der Waals surface area contributed by atoms with Crippen molar-refractivity contribution in [2.75, 3.05) is 36.1 Å². The Morgan fingerprint density at radius 1 is 1.18 bits per heavy atom. The first-order valence-corrected chi connectivity index (χ1v) is 8.95. The fourth-order valence-electron chi connectivity index (χ4n) is 2.88. The summed E-state index contributed by atoms with van der Waals surface area (Å²) in [5.41, 5.74) is 0.261. The van der Waals surface area contributed by atoms with Crippen molar-refractivity contribution in [3.05, 3.63) is 0 Å². The number of thioether (sulfide) groups is 2. The van der Waals surface area contributed by atoms with Crippen molar-refractivity contribution < 1.29 is 5.11 Å². The Labute approximate surface area is 114 Å². The summed E-state index contributed by atoms with van der Waals surface area (Å²) in [6.45, 7) is 6.82. The van der Waals surface area contributed by atoms with Crippen LogP contribution in [0.1, 0.15) is 26.7 Å². The number of aliphatic hydroxyl groups is 1. The van der Waals surface area contributed by atoms with Crippen LogP contribution in [0.4, 0.5) is 0 Å². The molecule has 1 N–H and O–H groups in total. The third-order valence-corrected chi connectivity index (χ3v) is 6.16. The average Bonchev–Trinajstić information content (AvgIpc) is 2.56. The van der Waals surface area contributed by atoms with Gasteiger partial charge in [-0.2, -0.15) is 23.5 Å². The van der Waals surface area contributed by atoms with E-state index in [1.54, 1.807) is 0 Å². The molecule has 17 heavy (non-hydrogen) atoms. The summed E-state index contributed by atoms with van der Waals surface area (Å²) in [6.07, 6.45) is 1.81. The lowest BCUT2D eigenvalue weighted by Gasteiger charge is -2.34. The largest absolute Gasteiger partial charge is 0.393 e. The van der Waals surface area contributed by atoms with E-state index in [1.165, 1.54) is 23.0 Å². The molecule has 0 aromatic heterocycles. The number of nitrogens with zero attached hydrogens (tertiary/aromatic N) is 1. The zero-order chi connectivity index (χ0) is 12.3. The lowest BCUT2D eigenvalue weighted by atomic mass is 9.87. The molecule has 0 spiro atoms. The number of aliphatic hydroxyl groups excluding tert-OH is 1. The minimum absolute atomic E-state index is 0.0962. The second-order valence-electron chi connectivity index (χ2n) is 6.08. The highest BCUT2D eigenvalue weighted by Crippen LogP contribution is 2.31. The summed E-state index contributed by atoms with van der Waals surface area (Å²) in [5.74, 6) is 5.17. The summed E-state index contributed by atoms with van der Waals surface area (Å²) in [6, 6.07) is 0.720. The van der Waals surface area contributed by atoms with Crippen LogP contribution in [-0.2, 0) is 0 Å². The Kier molecular flexibility index (Phi) is 5.10. The molecule has 4 heteroatoms. The number of rotatable bonds is 1. The Morgan fingerprint density at radius 3 is 2.47 bits per heavy atom. The molecule has 0 aromatic rings. The minimum Gasteiger partial charge on any atom is -0.393 e. The molecule has 0 bridgehead atoms. The van der Waals surface area contributed by atoms with Crippen LogP contribution in [0, 0.1) is 5.41 Å². The normalized spacial score (nSPS) is 33.0. The average molecular weight is 275 g/mol. The molecule has 2 fully saturated rings. The molecular formula is C13H25NOS2. The third-order valence-electron chi connectivity index (χ3n) is 3.68. The molecule has 2 saturated heterocycles. The van der Waals surface area contributed by atoms with Gasteiger partial charge in [0, 0.05) is 42.1 Å². The van der Waals surface area contributed by atoms with Crippen molar-refractivity contribution in [3.8, 4) is 0 Å². The molecule has 2 aliphatic heterocycles. The smallest absolute Gasteiger partial charge is 0.0558 e. The van der Waals surface area contributed by atoms with Crippen LogP contribution in [-0.4, -0.2) is 58.3 Å². The molecule has 2 aliphatic rings. The van der Waals surface area contributed by atoms with Gasteiger partial charge in [0.25, 0.3) is 0 Å². The minimum atomic E-state index is -0.0962. The molecule has 2 nitrogen and oxygen atoms in total. The molecule has 2 heterocycles. The monoisotopic (exact) mass is 275 g/mol. The number of hydrogen-bond acceptors (Lipinski definition) is 4. The predicted molar refractivity (Wildman–Crippen MR) is 79.0 cm³/mol. The summed E-state index contributed by atoms with van der Waals surface area (Å²) in [4.78, 5) is 2.64. The van der Waals surface area contributed by atoms with Crippen molar-refractivity contribution in [2.24, 2.45) is 5.41 Å². The molecular weight excluding hydrogens is 250 g/mol. The van der Waals surface area contributed by atoms with Crippen LogP contribution in [0.25, 0.3) is 0 Å². The van der Waals surface area contributed by atoms with Gasteiger partial charge in [-0.15, -0.1) is 0 Å². The van der Waals surface area contributed by atoms with Crippen LogP contribution in [0.5, 0.6) is 0 Å². The topological polar surface area (TPSA) is 23.5 Å². The van der Waals surface area contributed by atoms with E-state index in [1.807, 2.05) is 0 Å². The summed E-state index contributed by atoms with van der Waals surface area (Å²) >= 11 is 4.20. The van der Waals surface area contributed by atoms with E-state index in [-0.39, 0.29) is 11.5 Å². The molecule has 1 atom stereocenters. The van der Waals surface area contributed by atoms with Gasteiger partial charge < -0.3 is 5.11 Å². The predicted octanol–water partition coefficient (Wildman–Crippen LogP) is 2.32. The fraction of sp³-hybridized carbons (Fsp3) is 1.00. The SMILES string of the molecule is CC1(C)CC(O)CCN(C2CSCCSC2)C1. The van der Waals surface area contributed by atoms with Crippen molar-refractivity contribution in [1.29, 1.82) is 0 Å². The van der Waals surface area contributed by atoms with Gasteiger partial charge in [0.15, 0.2) is 0 Å². The Hall–Kier alpha value is 0.620. The molecule has 0 radical (unpaired) electrons. The molecule has 100 valence electrons. The Balaban J connectivity index is 1.98. The highest BCUT2D eigenvalue weighted by Gasteiger charge is 2.32. The van der Waals surface area contributed by atoms with Crippen molar-refractivity contribution in [1.82, 2.24) is 4.90 Å². The third kappa shape index (κ3) is 4.34. The van der Waals surface area contributed by atoms with E-state index in [0.717, 1.165) is 32.0 Å². The molecule has 2 rings (SSSR count). The second kappa shape index (κ2) is 6.18. The van der Waals surface area contributed by atoms with Crippen molar-refractivity contribution >= 4 is 23.5 Å². The van der Waals surface area contributed by atoms with Crippen LogP contribution in [0.3, 0.4) is 0 Å². The van der Waals surface area contributed by atoms with Gasteiger partial charge in [0.05, 0.1) is 6.10 Å². The van der Waals surface area contributed by atoms with E-state index >= 15 is 0 Å². The van der Waals surface area contributed by atoms with Gasteiger partial charge in [0.2, 0.25) is 0 Å². The maximum Gasteiger partial charge on any atom is 0.0558 e. The van der Waals surface area contributed by atoms with Gasteiger partial charge in [-0.05, 0) is 18.3 Å². The zero-order valence-electron chi connectivity index (χ0n) is 11.0. The second-order valence-corrected chi connectivity index (χ2v) is 8.38. The van der Waals surface area contributed by atoms with Crippen LogP contribution in [0.2, 0.25) is 0 Å². The molecule has 0 saturated carbocycles. The molecule has 0 amide bonds. The zero-order valence-corrected chi connectivity index (χ0v) is 12.7. The van der Waals surface area contributed by atoms with E-state index < -0.39 is 0 Å². The van der Waals surface area contributed by atoms with E-state index in [0.29, 0.717) is 0 Å². The van der Waals surface area contributed by atoms with Crippen LogP contribution in [0.15, 0.2) is 0 Å². The summed E-state index contributed by atoms with van der Waals surface area (Å²) in [5, 5.41) is 9.96. The lowest BCUT2D eigenvalue weighted by Crippen LogP contribution is -2.43. The van der Waals surface area contributed by atoms with Gasteiger partial charge >= 0.3 is 0 Å². The highest BCUT2D eigenvalue weighted by molar-refractivity contribution is 8.03. The number of hydrogen-bond donors (Lipinski definition) is 1. The fourth-order valence-corrected chi connectivity index (χ4v) is 5.50. The Morgan fingerprint density at radius 2 is 1.82 bits per heavy atom. The van der Waals surface area contributed by atoms with Crippen LogP contribution < -0.4 is 0 Å². The maximum absolute atomic E-state index is 9.96.